The standard InChI is InChI=1S/C8H5N3O3/c12-8(13)5-2-1-3-9-6(5)7-11-10-4-14-7/h1-4H,(H,12,13). The average molecular weight is 191 g/mol. The van der Waals surface area contributed by atoms with E-state index in [-0.39, 0.29) is 17.1 Å². The molecule has 2 heterocycles. The SMILES string of the molecule is O=C(O)c1cccnc1-c1nnco1. The minimum absolute atomic E-state index is 0.0387. The van der Waals surface area contributed by atoms with E-state index in [1.165, 1.54) is 18.3 Å². The van der Waals surface area contributed by atoms with Gasteiger partial charge in [0.25, 0.3) is 5.89 Å². The average Bonchev–Trinajstić information content (AvgIpc) is 2.70. The van der Waals surface area contributed by atoms with Crippen LogP contribution in [-0.2, 0) is 0 Å². The minimum Gasteiger partial charge on any atom is -0.478 e. The molecule has 6 nitrogen and oxygen atoms in total. The fourth-order valence-electron chi connectivity index (χ4n) is 1.02. The summed E-state index contributed by atoms with van der Waals surface area (Å²) in [4.78, 5) is 14.7. The molecule has 0 bridgehead atoms. The summed E-state index contributed by atoms with van der Waals surface area (Å²) in [7, 11) is 0. The molecule has 0 aromatic carbocycles. The first-order valence-corrected chi connectivity index (χ1v) is 3.74. The maximum Gasteiger partial charge on any atom is 0.338 e. The molecule has 0 radical (unpaired) electrons. The fraction of sp³-hybridized carbons (Fsp3) is 0. The van der Waals surface area contributed by atoms with E-state index in [1.807, 2.05) is 0 Å². The van der Waals surface area contributed by atoms with E-state index in [0.717, 1.165) is 6.39 Å². The molecular formula is C8H5N3O3. The molecule has 0 aliphatic carbocycles. The minimum atomic E-state index is -1.08. The lowest BCUT2D eigenvalue weighted by atomic mass is 10.2. The molecule has 70 valence electrons. The Morgan fingerprint density at radius 3 is 3.00 bits per heavy atom. The number of carboxylic acid groups (broad SMARTS) is 1. The van der Waals surface area contributed by atoms with Crippen molar-refractivity contribution < 1.29 is 14.3 Å². The summed E-state index contributed by atoms with van der Waals surface area (Å²) in [5.41, 5.74) is 0.217. The molecule has 0 saturated heterocycles. The predicted octanol–water partition coefficient (Wildman–Crippen LogP) is 0.830. The number of rotatable bonds is 2. The van der Waals surface area contributed by atoms with Gasteiger partial charge in [-0.1, -0.05) is 0 Å². The second-order valence-electron chi connectivity index (χ2n) is 2.45. The van der Waals surface area contributed by atoms with Gasteiger partial charge in [0.15, 0.2) is 0 Å². The first-order valence-electron chi connectivity index (χ1n) is 3.74. The monoisotopic (exact) mass is 191 g/mol. The molecular weight excluding hydrogens is 186 g/mol. The van der Waals surface area contributed by atoms with E-state index in [4.69, 9.17) is 9.52 Å². The zero-order valence-electron chi connectivity index (χ0n) is 6.91. The first-order chi connectivity index (χ1) is 6.79. The molecule has 0 atom stereocenters. The Bertz CT molecular complexity index is 453. The van der Waals surface area contributed by atoms with Gasteiger partial charge in [-0.25, -0.2) is 4.79 Å². The van der Waals surface area contributed by atoms with Gasteiger partial charge < -0.3 is 9.52 Å². The number of carboxylic acids is 1. The zero-order chi connectivity index (χ0) is 9.97. The quantitative estimate of drug-likeness (QED) is 0.756. The van der Waals surface area contributed by atoms with E-state index >= 15 is 0 Å². The topological polar surface area (TPSA) is 89.1 Å². The van der Waals surface area contributed by atoms with Crippen LogP contribution < -0.4 is 0 Å². The first kappa shape index (κ1) is 8.36. The van der Waals surface area contributed by atoms with Gasteiger partial charge in [-0.3, -0.25) is 4.98 Å². The van der Waals surface area contributed by atoms with Crippen molar-refractivity contribution in [2.75, 3.05) is 0 Å². The van der Waals surface area contributed by atoms with Crippen molar-refractivity contribution in [3.8, 4) is 11.6 Å². The van der Waals surface area contributed by atoms with Crippen LogP contribution in [0.5, 0.6) is 0 Å². The summed E-state index contributed by atoms with van der Waals surface area (Å²) < 4.78 is 4.86. The second-order valence-corrected chi connectivity index (χ2v) is 2.45. The number of hydrogen-bond acceptors (Lipinski definition) is 5. The summed E-state index contributed by atoms with van der Waals surface area (Å²) in [6, 6.07) is 2.96. The van der Waals surface area contributed by atoms with Gasteiger partial charge in [-0.15, -0.1) is 10.2 Å². The van der Waals surface area contributed by atoms with Crippen LogP contribution in [0.25, 0.3) is 11.6 Å². The van der Waals surface area contributed by atoms with Crippen molar-refractivity contribution in [3.05, 3.63) is 30.3 Å². The number of pyridine rings is 1. The Morgan fingerprint density at radius 1 is 1.50 bits per heavy atom. The molecule has 0 amide bonds. The van der Waals surface area contributed by atoms with Crippen molar-refractivity contribution in [2.24, 2.45) is 0 Å². The summed E-state index contributed by atoms with van der Waals surface area (Å²) in [5, 5.41) is 15.9. The molecule has 2 aromatic rings. The van der Waals surface area contributed by atoms with Crippen molar-refractivity contribution in [1.29, 1.82) is 0 Å². The summed E-state index contributed by atoms with van der Waals surface area (Å²) in [6.07, 6.45) is 2.58. The lowest BCUT2D eigenvalue weighted by molar-refractivity contribution is 0.0697. The van der Waals surface area contributed by atoms with E-state index in [9.17, 15) is 4.79 Å². The van der Waals surface area contributed by atoms with Crippen LogP contribution in [0.15, 0.2) is 29.1 Å². The molecule has 14 heavy (non-hydrogen) atoms. The highest BCUT2D eigenvalue weighted by molar-refractivity contribution is 5.93. The lowest BCUT2D eigenvalue weighted by Crippen LogP contribution is -2.01. The predicted molar refractivity (Wildman–Crippen MR) is 44.5 cm³/mol. The molecule has 1 N–H and O–H groups in total. The van der Waals surface area contributed by atoms with Crippen LogP contribution in [0.4, 0.5) is 0 Å². The van der Waals surface area contributed by atoms with E-state index in [2.05, 4.69) is 15.2 Å². The van der Waals surface area contributed by atoms with E-state index < -0.39 is 5.97 Å². The van der Waals surface area contributed by atoms with Crippen LogP contribution in [0.2, 0.25) is 0 Å². The molecule has 0 aliphatic heterocycles. The van der Waals surface area contributed by atoms with Crippen LogP contribution in [0, 0.1) is 0 Å². The second kappa shape index (κ2) is 3.25. The molecule has 0 fully saturated rings. The van der Waals surface area contributed by atoms with E-state index in [0.29, 0.717) is 0 Å². The van der Waals surface area contributed by atoms with Gasteiger partial charge >= 0.3 is 5.97 Å². The zero-order valence-corrected chi connectivity index (χ0v) is 6.91. The van der Waals surface area contributed by atoms with Crippen molar-refractivity contribution in [3.63, 3.8) is 0 Å². The largest absolute Gasteiger partial charge is 0.478 e. The van der Waals surface area contributed by atoms with Gasteiger partial charge in [0.2, 0.25) is 6.39 Å². The van der Waals surface area contributed by atoms with Gasteiger partial charge in [-0.2, -0.15) is 0 Å². The Morgan fingerprint density at radius 2 is 2.36 bits per heavy atom. The van der Waals surface area contributed by atoms with Crippen molar-refractivity contribution >= 4 is 5.97 Å². The van der Waals surface area contributed by atoms with Crippen LogP contribution in [0.3, 0.4) is 0 Å². The number of carbonyl (C=O) groups is 1. The Kier molecular flexibility index (Phi) is 1.94. The Labute approximate surface area is 78.2 Å². The number of hydrogen-bond donors (Lipinski definition) is 1. The molecule has 0 unspecified atom stereocenters. The van der Waals surface area contributed by atoms with Gasteiger partial charge in [0, 0.05) is 6.20 Å². The smallest absolute Gasteiger partial charge is 0.338 e. The number of aromatic nitrogens is 3. The molecule has 2 aromatic heterocycles. The maximum atomic E-state index is 10.8. The van der Waals surface area contributed by atoms with Crippen LogP contribution in [0.1, 0.15) is 10.4 Å². The Balaban J connectivity index is 2.58. The lowest BCUT2D eigenvalue weighted by Gasteiger charge is -1.98. The molecule has 6 heteroatoms. The van der Waals surface area contributed by atoms with E-state index in [1.54, 1.807) is 0 Å². The Hall–Kier alpha value is -2.24. The molecule has 2 rings (SSSR count). The normalized spacial score (nSPS) is 10.0. The summed E-state index contributed by atoms with van der Waals surface area (Å²) in [5.74, 6) is -0.977. The molecule has 0 saturated carbocycles. The fourth-order valence-corrected chi connectivity index (χ4v) is 1.02. The van der Waals surface area contributed by atoms with Gasteiger partial charge in [0.05, 0.1) is 5.56 Å². The number of aromatic carboxylic acids is 1. The highest BCUT2D eigenvalue weighted by atomic mass is 16.4. The third kappa shape index (κ3) is 1.33. The highest BCUT2D eigenvalue weighted by Crippen LogP contribution is 2.17. The number of nitrogens with zero attached hydrogens (tertiary/aromatic N) is 3. The van der Waals surface area contributed by atoms with Crippen molar-refractivity contribution in [2.45, 2.75) is 0 Å². The van der Waals surface area contributed by atoms with Crippen LogP contribution in [-0.4, -0.2) is 26.3 Å². The van der Waals surface area contributed by atoms with Gasteiger partial charge in [-0.05, 0) is 12.1 Å². The summed E-state index contributed by atoms with van der Waals surface area (Å²) in [6.45, 7) is 0. The highest BCUT2D eigenvalue weighted by Gasteiger charge is 2.15. The van der Waals surface area contributed by atoms with Crippen LogP contribution >= 0.6 is 0 Å². The maximum absolute atomic E-state index is 10.8. The third-order valence-corrected chi connectivity index (χ3v) is 1.60. The molecule has 0 spiro atoms. The van der Waals surface area contributed by atoms with Crippen molar-refractivity contribution in [1.82, 2.24) is 15.2 Å². The summed E-state index contributed by atoms with van der Waals surface area (Å²) >= 11 is 0. The third-order valence-electron chi connectivity index (χ3n) is 1.60. The van der Waals surface area contributed by atoms with Gasteiger partial charge in [0.1, 0.15) is 5.69 Å². The molecule has 0 aliphatic rings.